The van der Waals surface area contributed by atoms with Crippen LogP contribution in [0.3, 0.4) is 0 Å². The third kappa shape index (κ3) is 28.5. The van der Waals surface area contributed by atoms with Crippen LogP contribution >= 0.6 is 0 Å². The van der Waals surface area contributed by atoms with Gasteiger partial charge in [-0.1, -0.05) is 78.9 Å². The minimum atomic E-state index is -5.33. The predicted molar refractivity (Wildman–Crippen MR) is 479 cm³/mol. The molecule has 4 aliphatic heterocycles. The molecule has 0 aliphatic carbocycles. The van der Waals surface area contributed by atoms with Crippen LogP contribution in [0.2, 0.25) is 0 Å². The molecule has 62 heteroatoms. The molecule has 718 valence electrons. The molecule has 0 N–H and O–H groups in total. The van der Waals surface area contributed by atoms with Crippen molar-refractivity contribution in [3.05, 3.63) is 261 Å². The van der Waals surface area contributed by atoms with Gasteiger partial charge in [0.05, 0.1) is 87.4 Å². The topological polar surface area (TPSA) is 688 Å². The van der Waals surface area contributed by atoms with E-state index in [1.54, 1.807) is 146 Å². The molecule has 10 heterocycles. The number of hydrogen-bond donors (Lipinski definition) is 0. The van der Waals surface area contributed by atoms with E-state index < -0.39 is 113 Å². The standard InChI is InChI=1S/C44H23N8O11S3.C44H22N8O8S2.2Cu.8Na.3O3S/c53-64(54,55)24-15-18-34(36(21-24)66(59,60)61)63-23-14-17-30-32(20-23)44-50-40-28-10-4-2-8-26(28)37(46-40)47-41-29-16-13-22(62-33-11-5-6-12-35(33)65(56,57)58)19-31(29)43(51-41)49-39-27-9-3-1-7-25(27)38(45-39)48-42(30)52-44;53-61(54,55)25-18-16-24(17-19-25)60-34-15-7-13-31-36(34)43-49-38-28-11-5-4-10-27(28)37(45-38)46-40-30-12-6-14-33(59-23-8-2-1-3-9-23)35(30)44(51-40)50-39-29-21-20-26(62(56,57)58)22-32(29)42(47-39)48-41(31)52-43;;;;;;;;;;;3*1-4(2)3/h1-5,7-21H,(H3-2,45,46,47,48,49,50,51,52,53,54,55,56,57,58,59,60,61);2-3,5-22H,(H2-2,45,46,47,48,49,50,51,52,53,54,55,56,57,58);;;;;;;;;;;;;/q-3;-4;2*+2;8*+1;;;/p-5. The van der Waals surface area contributed by atoms with Crippen molar-refractivity contribution in [2.24, 2.45) is 0 Å². The fraction of sp³-hybridized carbons (Fsp3) is 0. The summed E-state index contributed by atoms with van der Waals surface area (Å²) in [6.07, 6.45) is 0. The van der Waals surface area contributed by atoms with Crippen molar-refractivity contribution in [2.75, 3.05) is 0 Å². The normalized spacial score (nSPS) is 11.1. The van der Waals surface area contributed by atoms with Gasteiger partial charge in [-0.25, -0.2) is 53.6 Å². The molecular weight excluding hydrogens is 2300 g/mol. The summed E-state index contributed by atoms with van der Waals surface area (Å²) >= 11 is 0. The van der Waals surface area contributed by atoms with E-state index in [0.717, 1.165) is 30.3 Å². The molecule has 0 atom stereocenters. The van der Waals surface area contributed by atoms with Crippen molar-refractivity contribution in [1.82, 2.24) is 79.7 Å². The first-order valence-corrected chi connectivity index (χ1v) is 49.1. The van der Waals surface area contributed by atoms with Gasteiger partial charge in [0.25, 0.3) is 0 Å². The third-order valence-electron chi connectivity index (χ3n) is 20.5. The summed E-state index contributed by atoms with van der Waals surface area (Å²) in [7, 11) is -34.3. The maximum atomic E-state index is 12.3. The Kier molecular flexibility index (Phi) is 44.7. The summed E-state index contributed by atoms with van der Waals surface area (Å²) < 4.78 is 280. The van der Waals surface area contributed by atoms with Gasteiger partial charge in [0, 0.05) is 78.8 Å². The van der Waals surface area contributed by atoms with Gasteiger partial charge in [-0.15, -0.1) is 66.9 Å². The number of hydrogen-bond acceptors (Lipinski definition) is 40. The minimum Gasteiger partial charge on any atom is -0.754 e. The van der Waals surface area contributed by atoms with Crippen LogP contribution in [0.1, 0.15) is 0 Å². The third-order valence-corrected chi connectivity index (χ3v) is 24.7. The molecular formula is C88H40Cu2N16Na8O28S8. The smallest absolute Gasteiger partial charge is 0.754 e. The second kappa shape index (κ2) is 52.7. The summed E-state index contributed by atoms with van der Waals surface area (Å²) in [5, 5.41) is 4.11. The van der Waals surface area contributed by atoms with Crippen molar-refractivity contribution < 1.29 is 392 Å². The molecule has 0 spiro atoms. The van der Waals surface area contributed by atoms with E-state index in [9.17, 15) is 64.9 Å². The zero-order chi connectivity index (χ0) is 98.8. The maximum absolute atomic E-state index is 12.3. The largest absolute Gasteiger partial charge is 2.00 e. The molecule has 0 saturated heterocycles. The van der Waals surface area contributed by atoms with Crippen LogP contribution in [0.4, 0.5) is 0 Å². The zero-order valence-corrected chi connectivity index (χ0v) is 102. The van der Waals surface area contributed by atoms with Gasteiger partial charge >= 0.3 is 302 Å². The van der Waals surface area contributed by atoms with E-state index in [2.05, 4.69) is 18.2 Å². The summed E-state index contributed by atoms with van der Waals surface area (Å²) in [6, 6.07) is 69.6. The molecule has 0 unspecified atom stereocenters. The Hall–Kier alpha value is -7.99. The van der Waals surface area contributed by atoms with Crippen molar-refractivity contribution in [1.29, 1.82) is 0 Å². The number of ether oxygens (including phenoxy) is 4. The van der Waals surface area contributed by atoms with E-state index >= 15 is 0 Å². The van der Waals surface area contributed by atoms with Crippen molar-refractivity contribution in [3.8, 4) is 137 Å². The van der Waals surface area contributed by atoms with Crippen LogP contribution in [0, 0.1) is 18.2 Å². The van der Waals surface area contributed by atoms with E-state index in [1.807, 2.05) is 6.07 Å². The van der Waals surface area contributed by atoms with Gasteiger partial charge in [-0.3, -0.25) is 8.42 Å². The summed E-state index contributed by atoms with van der Waals surface area (Å²) in [6.45, 7) is 0. The number of nitrogens with zero attached hydrogens (tertiary/aromatic N) is 16. The second-order valence-electron chi connectivity index (χ2n) is 29.0. The van der Waals surface area contributed by atoms with E-state index in [4.69, 9.17) is 137 Å². The van der Waals surface area contributed by atoms with Crippen LogP contribution in [0.25, 0.3) is 179 Å². The number of benzene rings is 12. The summed E-state index contributed by atoms with van der Waals surface area (Å²) in [5.74, 6) is 2.03. The van der Waals surface area contributed by atoms with Crippen molar-refractivity contribution in [2.45, 2.75) is 24.5 Å². The average Bonchev–Trinajstić information content (AvgIpc) is 1.58. The SMILES string of the molecule is O=S(=O)([O-])c1ccc(Oc2ccc3c(c2)-c2nc-3nc3[n-]c(nc4nc(nc5[n-]c(n2)c2ccccc52)-c2ccc(Oc5cc[c-]cc5S(=O)(=O)[O-])cc2-4)c2ccccc32)c(S(=O)(=O)[O-])c1.O=S(=O)([O-])c1ccc(Oc2cccc3c2-c2nc-3nc3[n-]c(nc4nc(nc5[n-]c(n2)c2cc[c-]cc52)-c2cccc(Oc5cc[c-]cc5)c2-4)c2ccc(S(=O)(=O)[O-])cc32)cc1.O=S(=O)=O.O=S(=O)=O.O=S(=O)=O.[Cu+2].[Cu+2].[Na+].[Na+].[Na+].[Na+].[Na+].[Na+].[Na+].[Na+]. The maximum Gasteiger partial charge on any atom is 2.00 e. The van der Waals surface area contributed by atoms with Crippen LogP contribution in [-0.2, 0) is 117 Å². The van der Waals surface area contributed by atoms with Crippen LogP contribution < -0.4 is 275 Å². The van der Waals surface area contributed by atoms with Crippen molar-refractivity contribution >= 4 is 171 Å². The Bertz CT molecular complexity index is 9740. The molecule has 0 amide bonds. The molecule has 16 bridgehead atoms. The average molecular weight is 2340 g/mol. The number of rotatable bonds is 13. The van der Waals surface area contributed by atoms with Gasteiger partial charge in [-0.2, -0.15) is 60.7 Å². The first kappa shape index (κ1) is 127. The van der Waals surface area contributed by atoms with Crippen LogP contribution in [0.15, 0.2) is 267 Å². The molecule has 44 nitrogen and oxygen atoms in total. The zero-order valence-electron chi connectivity index (χ0n) is 77.5. The minimum absolute atomic E-state index is 0. The van der Waals surface area contributed by atoms with Crippen LogP contribution in [-0.4, -0.2) is 163 Å². The Morgan fingerprint density at radius 1 is 0.233 bits per heavy atom. The Morgan fingerprint density at radius 3 is 0.940 bits per heavy atom. The fourth-order valence-corrected chi connectivity index (χ4v) is 17.5. The first-order chi connectivity index (χ1) is 66.7. The molecule has 4 aliphatic rings. The fourth-order valence-electron chi connectivity index (χ4n) is 14.8. The van der Waals surface area contributed by atoms with Gasteiger partial charge < -0.3 is 102 Å². The van der Waals surface area contributed by atoms with Crippen molar-refractivity contribution in [3.63, 3.8) is 0 Å². The molecule has 12 aromatic carbocycles. The van der Waals surface area contributed by atoms with Gasteiger partial charge in [0.15, 0.2) is 0 Å². The summed E-state index contributed by atoms with van der Waals surface area (Å²) in [4.78, 5) is 74.4. The number of fused-ring (bicyclic) bond motifs is 40. The van der Waals surface area contributed by atoms with Gasteiger partial charge in [0.1, 0.15) is 75.0 Å². The van der Waals surface area contributed by atoms with Gasteiger partial charge in [-0.05, 0) is 152 Å². The Balaban J connectivity index is 0.000000311. The molecule has 150 heavy (non-hydrogen) atoms. The Labute approximate surface area is 1050 Å². The Morgan fingerprint density at radius 2 is 0.533 bits per heavy atom. The first-order valence-electron chi connectivity index (χ1n) is 39.0. The van der Waals surface area contributed by atoms with E-state index in [1.165, 1.54) is 54.6 Å². The summed E-state index contributed by atoms with van der Waals surface area (Å²) in [5.41, 5.74) is 5.03. The molecule has 0 fully saturated rings. The molecule has 6 aromatic heterocycles. The quantitative estimate of drug-likeness (QED) is 0.0587. The number of aromatic nitrogens is 16. The van der Waals surface area contributed by atoms with E-state index in [0.29, 0.717) is 99.8 Å². The second-order valence-corrected chi connectivity index (χ2v) is 37.0. The molecule has 18 aromatic rings. The molecule has 0 saturated carbocycles. The van der Waals surface area contributed by atoms with E-state index in [-0.39, 0.29) is 397 Å². The monoisotopic (exact) mass is 2330 g/mol. The van der Waals surface area contributed by atoms with Gasteiger partial charge in [0.2, 0.25) is 0 Å². The predicted octanol–water partition coefficient (Wildman–Crippen LogP) is -13.6. The molecule has 2 radical (unpaired) electrons. The van der Waals surface area contributed by atoms with Crippen LogP contribution in [0.5, 0.6) is 46.0 Å². The molecule has 22 rings (SSSR count).